The molecular weight excluding hydrogens is 498 g/mol. The van der Waals surface area contributed by atoms with Crippen LogP contribution in [0.15, 0.2) is 65.6 Å². The quantitative estimate of drug-likeness (QED) is 0.323. The first kappa shape index (κ1) is 30.7. The van der Waals surface area contributed by atoms with Crippen LogP contribution in [0.3, 0.4) is 0 Å². The molecular formula is C29H39N5O3S. The van der Waals surface area contributed by atoms with Gasteiger partial charge in [-0.2, -0.15) is 0 Å². The van der Waals surface area contributed by atoms with E-state index in [1.807, 2.05) is 50.5 Å². The second-order valence-corrected chi connectivity index (χ2v) is 11.0. The number of nitrogens with zero attached hydrogens (tertiary/aromatic N) is 1. The predicted molar refractivity (Wildman–Crippen MR) is 156 cm³/mol. The smallest absolute Gasteiger partial charge is 0.316 e. The Labute approximate surface area is 228 Å². The molecule has 38 heavy (non-hydrogen) atoms. The molecule has 3 aromatic carbocycles. The van der Waals surface area contributed by atoms with E-state index in [-0.39, 0.29) is 11.8 Å². The molecule has 9 heteroatoms. The van der Waals surface area contributed by atoms with Gasteiger partial charge in [-0.3, -0.25) is 4.79 Å². The molecule has 0 bridgehead atoms. The number of hydrogen-bond acceptors (Lipinski definition) is 4. The Hall–Kier alpha value is -3.53. The highest BCUT2D eigenvalue weighted by Crippen LogP contribution is 2.38. The topological polar surface area (TPSA) is 145 Å². The molecule has 0 aliphatic rings. The van der Waals surface area contributed by atoms with Crippen molar-refractivity contribution in [2.24, 2.45) is 16.6 Å². The molecule has 204 valence electrons. The summed E-state index contributed by atoms with van der Waals surface area (Å²) < 4.78 is 10.9. The second-order valence-electron chi connectivity index (χ2n) is 9.92. The molecule has 0 aromatic heterocycles. The van der Waals surface area contributed by atoms with E-state index in [1.54, 1.807) is 24.3 Å². The van der Waals surface area contributed by atoms with Gasteiger partial charge >= 0.3 is 6.03 Å². The third-order valence-electron chi connectivity index (χ3n) is 5.85. The summed E-state index contributed by atoms with van der Waals surface area (Å²) >= 11 is 0. The van der Waals surface area contributed by atoms with Gasteiger partial charge in [-0.25, -0.2) is 14.1 Å². The maximum Gasteiger partial charge on any atom is 0.316 e. The highest BCUT2D eigenvalue weighted by molar-refractivity contribution is 7.82. The van der Waals surface area contributed by atoms with E-state index in [0.717, 1.165) is 34.5 Å². The molecule has 0 aliphatic heterocycles. The van der Waals surface area contributed by atoms with Crippen molar-refractivity contribution in [3.63, 3.8) is 0 Å². The Morgan fingerprint density at radius 2 is 1.42 bits per heavy atom. The van der Waals surface area contributed by atoms with Crippen LogP contribution < -0.4 is 21.9 Å². The zero-order chi connectivity index (χ0) is 28.6. The molecule has 0 aliphatic carbocycles. The van der Waals surface area contributed by atoms with E-state index in [9.17, 15) is 13.8 Å². The number of hydrogen-bond donors (Lipinski definition) is 4. The van der Waals surface area contributed by atoms with Gasteiger partial charge < -0.3 is 21.7 Å². The van der Waals surface area contributed by atoms with Crippen LogP contribution in [0.2, 0.25) is 0 Å². The number of nitrogens with two attached hydrogens (primary N) is 3. The number of benzene rings is 3. The zero-order valence-corrected chi connectivity index (χ0v) is 23.8. The van der Waals surface area contributed by atoms with Gasteiger partial charge in [0, 0.05) is 17.8 Å². The van der Waals surface area contributed by atoms with Crippen molar-refractivity contribution in [2.75, 3.05) is 19.4 Å². The van der Waals surface area contributed by atoms with Gasteiger partial charge in [-0.1, -0.05) is 58.0 Å². The lowest BCUT2D eigenvalue weighted by atomic mass is 9.87. The summed E-state index contributed by atoms with van der Waals surface area (Å²) in [7, 11) is 2.65. The minimum absolute atomic E-state index is 0.167. The minimum Gasteiger partial charge on any atom is -0.366 e. The molecule has 0 spiro atoms. The van der Waals surface area contributed by atoms with Crippen LogP contribution in [0, 0.1) is 0 Å². The highest BCUT2D eigenvalue weighted by atomic mass is 32.2. The maximum atomic E-state index is 11.8. The summed E-state index contributed by atoms with van der Waals surface area (Å²) in [6, 6.07) is 18.1. The molecule has 1 atom stereocenters. The van der Waals surface area contributed by atoms with E-state index in [1.165, 1.54) is 5.56 Å². The van der Waals surface area contributed by atoms with Crippen molar-refractivity contribution in [3.05, 3.63) is 82.9 Å². The average Bonchev–Trinajstić information content (AvgIpc) is 2.83. The van der Waals surface area contributed by atoms with Crippen LogP contribution in [-0.2, 0) is 17.5 Å². The number of carbonyl (C=O) groups excluding carboxylic acids is 2. The number of anilines is 1. The van der Waals surface area contributed by atoms with E-state index in [2.05, 4.69) is 37.9 Å². The van der Waals surface area contributed by atoms with Gasteiger partial charge in [0.2, 0.25) is 5.91 Å². The van der Waals surface area contributed by atoms with Gasteiger partial charge in [0.15, 0.2) is 0 Å². The number of urea groups is 1. The van der Waals surface area contributed by atoms with Crippen LogP contribution in [0.4, 0.5) is 10.5 Å². The Morgan fingerprint density at radius 3 is 1.84 bits per heavy atom. The van der Waals surface area contributed by atoms with Crippen molar-refractivity contribution >= 4 is 28.6 Å². The molecule has 0 fully saturated rings. The molecule has 0 saturated carbocycles. The molecule has 0 saturated heterocycles. The molecule has 3 rings (SSSR count). The Balaban J connectivity index is 0.000000328. The molecule has 0 heterocycles. The molecule has 0 radical (unpaired) electrons. The minimum atomic E-state index is -1.36. The first-order valence-electron chi connectivity index (χ1n) is 12.3. The number of rotatable bonds is 8. The van der Waals surface area contributed by atoms with Gasteiger partial charge in [-0.05, 0) is 84.1 Å². The van der Waals surface area contributed by atoms with Crippen molar-refractivity contribution in [1.29, 1.82) is 0 Å². The van der Waals surface area contributed by atoms with E-state index < -0.39 is 22.9 Å². The van der Waals surface area contributed by atoms with E-state index in [0.29, 0.717) is 10.5 Å². The number of amides is 3. The summed E-state index contributed by atoms with van der Waals surface area (Å²) in [6.45, 7) is 9.09. The monoisotopic (exact) mass is 537 g/mol. The van der Waals surface area contributed by atoms with Crippen molar-refractivity contribution in [3.8, 4) is 11.1 Å². The Kier molecular flexibility index (Phi) is 11.2. The normalized spacial score (nSPS) is 11.7. The van der Waals surface area contributed by atoms with Crippen LogP contribution in [-0.4, -0.2) is 35.1 Å². The van der Waals surface area contributed by atoms with Crippen LogP contribution in [0.5, 0.6) is 0 Å². The number of nitrogens with one attached hydrogen (secondary N) is 1. The van der Waals surface area contributed by atoms with Crippen LogP contribution >= 0.6 is 0 Å². The van der Waals surface area contributed by atoms with Gasteiger partial charge in [-0.15, -0.1) is 0 Å². The first-order valence-corrected chi connectivity index (χ1v) is 13.6. The lowest BCUT2D eigenvalue weighted by Crippen LogP contribution is -2.22. The molecule has 1 unspecified atom stereocenters. The zero-order valence-electron chi connectivity index (χ0n) is 22.9. The fourth-order valence-electron chi connectivity index (χ4n) is 4.07. The average molecular weight is 538 g/mol. The predicted octanol–water partition coefficient (Wildman–Crippen LogP) is 4.92. The largest absolute Gasteiger partial charge is 0.366 e. The summed E-state index contributed by atoms with van der Waals surface area (Å²) in [5.74, 6) is -0.132. The SMILES string of the molecule is CC(C)c1cc(-c2ccccc2C(N)=O)cc(C(C)C)c1NC(N)=O.CN(C)Cc1ccc(S(N)=O)cc1. The van der Waals surface area contributed by atoms with E-state index >= 15 is 0 Å². The Morgan fingerprint density at radius 1 is 0.895 bits per heavy atom. The third-order valence-corrected chi connectivity index (χ3v) is 6.59. The third kappa shape index (κ3) is 8.51. The summed E-state index contributed by atoms with van der Waals surface area (Å²) in [5.41, 5.74) is 16.9. The Bertz CT molecular complexity index is 1260. The molecule has 7 N–H and O–H groups in total. The number of carbonyl (C=O) groups is 2. The van der Waals surface area contributed by atoms with Crippen LogP contribution in [0.25, 0.3) is 11.1 Å². The second kappa shape index (κ2) is 13.9. The van der Waals surface area contributed by atoms with Gasteiger partial charge in [0.1, 0.15) is 11.0 Å². The molecule has 8 nitrogen and oxygen atoms in total. The fraction of sp³-hybridized carbons (Fsp3) is 0.310. The van der Waals surface area contributed by atoms with Gasteiger partial charge in [0.05, 0.1) is 4.90 Å². The molecule has 3 amide bonds. The lowest BCUT2D eigenvalue weighted by molar-refractivity contribution is 0.100. The summed E-state index contributed by atoms with van der Waals surface area (Å²) in [5, 5.41) is 7.99. The standard InChI is InChI=1S/C20H25N3O2.C9H14N2OS/c1-11(2)16-9-13(14-7-5-6-8-15(14)19(21)24)10-17(12(3)4)18(16)23-20(22)25;1-11(2)7-8-3-5-9(6-4-8)13(10)12/h5-12H,1-4H3,(H2,21,24)(H3,22,23,25);3-6H,7,10H2,1-2H3. The lowest BCUT2D eigenvalue weighted by Gasteiger charge is -2.22. The van der Waals surface area contributed by atoms with Gasteiger partial charge in [0.25, 0.3) is 0 Å². The van der Waals surface area contributed by atoms with Crippen molar-refractivity contribution in [2.45, 2.75) is 51.0 Å². The molecule has 3 aromatic rings. The summed E-state index contributed by atoms with van der Waals surface area (Å²) in [4.78, 5) is 26.0. The fourth-order valence-corrected chi connectivity index (χ4v) is 4.47. The number of primary amides is 2. The van der Waals surface area contributed by atoms with Crippen molar-refractivity contribution < 1.29 is 13.8 Å². The van der Waals surface area contributed by atoms with Crippen LogP contribution in [0.1, 0.15) is 66.6 Å². The first-order chi connectivity index (χ1) is 17.8. The highest BCUT2D eigenvalue weighted by Gasteiger charge is 2.19. The van der Waals surface area contributed by atoms with E-state index in [4.69, 9.17) is 16.6 Å². The summed E-state index contributed by atoms with van der Waals surface area (Å²) in [6.07, 6.45) is 0. The maximum absolute atomic E-state index is 11.8. The van der Waals surface area contributed by atoms with Crippen molar-refractivity contribution in [1.82, 2.24) is 4.90 Å².